The molecular formula is C22H18Cl2O3. The van der Waals surface area contributed by atoms with E-state index in [1.54, 1.807) is 30.3 Å². The minimum absolute atomic E-state index is 0.182. The van der Waals surface area contributed by atoms with Crippen molar-refractivity contribution in [3.05, 3.63) is 93.4 Å². The van der Waals surface area contributed by atoms with Crippen LogP contribution in [0.4, 0.5) is 0 Å². The van der Waals surface area contributed by atoms with Gasteiger partial charge in [0.25, 0.3) is 0 Å². The van der Waals surface area contributed by atoms with Gasteiger partial charge in [-0.3, -0.25) is 4.79 Å². The van der Waals surface area contributed by atoms with Gasteiger partial charge in [0.2, 0.25) is 0 Å². The highest BCUT2D eigenvalue weighted by atomic mass is 35.5. The van der Waals surface area contributed by atoms with Gasteiger partial charge in [0, 0.05) is 5.56 Å². The molecule has 0 aliphatic heterocycles. The number of aryl methyl sites for hydroxylation is 1. The van der Waals surface area contributed by atoms with E-state index in [4.69, 9.17) is 32.4 Å². The number of ketones is 1. The molecule has 138 valence electrons. The van der Waals surface area contributed by atoms with E-state index in [0.717, 1.165) is 12.2 Å². The van der Waals surface area contributed by atoms with Gasteiger partial charge in [-0.15, -0.1) is 0 Å². The van der Waals surface area contributed by atoms with E-state index >= 15 is 0 Å². The summed E-state index contributed by atoms with van der Waals surface area (Å²) in [6.45, 7) is 2.43. The van der Waals surface area contributed by atoms with Crippen LogP contribution in [0.25, 0.3) is 6.08 Å². The van der Waals surface area contributed by atoms with Crippen LogP contribution in [-0.2, 0) is 13.0 Å². The third-order valence-corrected chi connectivity index (χ3v) is 4.74. The summed E-state index contributed by atoms with van der Waals surface area (Å²) >= 11 is 11.8. The van der Waals surface area contributed by atoms with Gasteiger partial charge in [-0.05, 0) is 66.6 Å². The van der Waals surface area contributed by atoms with Crippen LogP contribution < -0.4 is 4.74 Å². The molecule has 1 aromatic heterocycles. The number of halogens is 2. The van der Waals surface area contributed by atoms with Crippen LogP contribution in [-0.4, -0.2) is 5.78 Å². The lowest BCUT2D eigenvalue weighted by molar-refractivity contribution is 0.104. The van der Waals surface area contributed by atoms with Crippen molar-refractivity contribution in [2.24, 2.45) is 0 Å². The van der Waals surface area contributed by atoms with E-state index in [-0.39, 0.29) is 5.78 Å². The van der Waals surface area contributed by atoms with E-state index in [0.29, 0.717) is 33.7 Å². The van der Waals surface area contributed by atoms with E-state index in [2.05, 4.69) is 6.92 Å². The maximum absolute atomic E-state index is 12.2. The molecule has 0 bridgehead atoms. The number of hydrogen-bond acceptors (Lipinski definition) is 3. The lowest BCUT2D eigenvalue weighted by Crippen LogP contribution is -1.94. The summed E-state index contributed by atoms with van der Waals surface area (Å²) in [5.74, 6) is 1.86. The zero-order valence-electron chi connectivity index (χ0n) is 14.7. The van der Waals surface area contributed by atoms with Crippen molar-refractivity contribution in [1.82, 2.24) is 0 Å². The van der Waals surface area contributed by atoms with Gasteiger partial charge in [0.05, 0.1) is 10.0 Å². The predicted octanol–water partition coefficient (Wildman–Crippen LogP) is 6.62. The Morgan fingerprint density at radius 1 is 1.04 bits per heavy atom. The van der Waals surface area contributed by atoms with Crippen LogP contribution >= 0.6 is 23.2 Å². The van der Waals surface area contributed by atoms with Crippen LogP contribution in [0.1, 0.15) is 34.4 Å². The van der Waals surface area contributed by atoms with Gasteiger partial charge in [-0.25, -0.2) is 0 Å². The molecule has 3 aromatic rings. The Balaban J connectivity index is 1.58. The van der Waals surface area contributed by atoms with Crippen molar-refractivity contribution in [3.63, 3.8) is 0 Å². The molecule has 3 rings (SSSR count). The zero-order chi connectivity index (χ0) is 19.2. The first-order chi connectivity index (χ1) is 13.0. The monoisotopic (exact) mass is 400 g/mol. The van der Waals surface area contributed by atoms with Crippen LogP contribution in [0.15, 0.2) is 65.1 Å². The lowest BCUT2D eigenvalue weighted by atomic mass is 10.1. The number of ether oxygens (including phenoxy) is 1. The fraction of sp³-hybridized carbons (Fsp3) is 0.136. The molecule has 3 nitrogen and oxygen atoms in total. The minimum Gasteiger partial charge on any atom is -0.486 e. The highest BCUT2D eigenvalue weighted by Gasteiger charge is 2.06. The molecule has 0 N–H and O–H groups in total. The first kappa shape index (κ1) is 19.3. The highest BCUT2D eigenvalue weighted by molar-refractivity contribution is 6.42. The molecule has 0 spiro atoms. The second-order valence-corrected chi connectivity index (χ2v) is 6.73. The lowest BCUT2D eigenvalue weighted by Gasteiger charge is -2.04. The first-order valence-electron chi connectivity index (χ1n) is 8.53. The third kappa shape index (κ3) is 5.25. The predicted molar refractivity (Wildman–Crippen MR) is 109 cm³/mol. The smallest absolute Gasteiger partial charge is 0.186 e. The van der Waals surface area contributed by atoms with Gasteiger partial charge in [0.15, 0.2) is 5.78 Å². The molecular weight excluding hydrogens is 383 g/mol. The average Bonchev–Trinajstić information content (AvgIpc) is 3.15. The SMILES string of the molecule is CCc1ccc(OCc2ccc(/C=C/C(=O)c3ccc(Cl)c(Cl)c3)o2)cc1. The minimum atomic E-state index is -0.182. The van der Waals surface area contributed by atoms with Crippen molar-refractivity contribution in [2.45, 2.75) is 20.0 Å². The molecule has 1 heterocycles. The standard InChI is InChI=1S/C22H18Cl2O3/c1-2-15-3-6-17(7-4-15)26-14-19-9-8-18(27-19)10-12-22(25)16-5-11-20(23)21(24)13-16/h3-13H,2,14H2,1H3/b12-10+. The normalized spacial score (nSPS) is 11.1. The van der Waals surface area contributed by atoms with Crippen molar-refractivity contribution in [1.29, 1.82) is 0 Å². The topological polar surface area (TPSA) is 39.4 Å². The number of benzene rings is 2. The second kappa shape index (κ2) is 8.94. The van der Waals surface area contributed by atoms with Crippen molar-refractivity contribution in [2.75, 3.05) is 0 Å². The number of carbonyl (C=O) groups excluding carboxylic acids is 1. The molecule has 2 aromatic carbocycles. The molecule has 27 heavy (non-hydrogen) atoms. The van der Waals surface area contributed by atoms with E-state index in [1.807, 2.05) is 30.3 Å². The van der Waals surface area contributed by atoms with Crippen LogP contribution in [0.2, 0.25) is 10.0 Å². The second-order valence-electron chi connectivity index (χ2n) is 5.92. The molecule has 0 saturated heterocycles. The third-order valence-electron chi connectivity index (χ3n) is 4.00. The van der Waals surface area contributed by atoms with Gasteiger partial charge < -0.3 is 9.15 Å². The van der Waals surface area contributed by atoms with Crippen LogP contribution in [0, 0.1) is 0 Å². The fourth-order valence-electron chi connectivity index (χ4n) is 2.44. The molecule has 0 saturated carbocycles. The maximum atomic E-state index is 12.2. The number of hydrogen-bond donors (Lipinski definition) is 0. The quantitative estimate of drug-likeness (QED) is 0.330. The van der Waals surface area contributed by atoms with Crippen molar-refractivity contribution < 1.29 is 13.9 Å². The van der Waals surface area contributed by atoms with E-state index in [1.165, 1.54) is 11.6 Å². The molecule has 0 fully saturated rings. The Morgan fingerprint density at radius 2 is 1.81 bits per heavy atom. The average molecular weight is 401 g/mol. The molecule has 0 aliphatic carbocycles. The van der Waals surface area contributed by atoms with Crippen molar-refractivity contribution >= 4 is 35.1 Å². The molecule has 0 atom stereocenters. The molecule has 0 amide bonds. The van der Waals surface area contributed by atoms with Crippen LogP contribution in [0.3, 0.4) is 0 Å². The van der Waals surface area contributed by atoms with Gasteiger partial charge in [-0.1, -0.05) is 42.3 Å². The Hall–Kier alpha value is -2.49. The summed E-state index contributed by atoms with van der Waals surface area (Å²) < 4.78 is 11.4. The number of allylic oxidation sites excluding steroid dienone is 1. The van der Waals surface area contributed by atoms with E-state index in [9.17, 15) is 4.79 Å². The Kier molecular flexibility index (Phi) is 6.38. The maximum Gasteiger partial charge on any atom is 0.186 e. The summed E-state index contributed by atoms with van der Waals surface area (Å²) in [5, 5.41) is 0.762. The Bertz CT molecular complexity index is 956. The summed E-state index contributed by atoms with van der Waals surface area (Å²) in [6, 6.07) is 16.4. The van der Waals surface area contributed by atoms with E-state index < -0.39 is 0 Å². The molecule has 0 radical (unpaired) electrons. The fourth-order valence-corrected chi connectivity index (χ4v) is 2.74. The molecule has 0 unspecified atom stereocenters. The highest BCUT2D eigenvalue weighted by Crippen LogP contribution is 2.23. The van der Waals surface area contributed by atoms with Gasteiger partial charge in [-0.2, -0.15) is 0 Å². The van der Waals surface area contributed by atoms with Crippen LogP contribution in [0.5, 0.6) is 5.75 Å². The Labute approximate surface area is 168 Å². The molecule has 0 aliphatic rings. The summed E-state index contributed by atoms with van der Waals surface area (Å²) in [7, 11) is 0. The largest absolute Gasteiger partial charge is 0.486 e. The number of carbonyl (C=O) groups is 1. The Morgan fingerprint density at radius 3 is 2.52 bits per heavy atom. The number of furan rings is 1. The zero-order valence-corrected chi connectivity index (χ0v) is 16.3. The summed E-state index contributed by atoms with van der Waals surface area (Å²) in [4.78, 5) is 12.2. The first-order valence-corrected chi connectivity index (χ1v) is 9.28. The van der Waals surface area contributed by atoms with Gasteiger partial charge >= 0.3 is 0 Å². The van der Waals surface area contributed by atoms with Gasteiger partial charge in [0.1, 0.15) is 23.9 Å². The van der Waals surface area contributed by atoms with Crippen molar-refractivity contribution in [3.8, 4) is 5.75 Å². The molecule has 5 heteroatoms. The summed E-state index contributed by atoms with van der Waals surface area (Å²) in [5.41, 5.74) is 1.73. The number of rotatable bonds is 7. The summed E-state index contributed by atoms with van der Waals surface area (Å²) in [6.07, 6.45) is 4.05.